The first-order chi connectivity index (χ1) is 10.0. The summed E-state index contributed by atoms with van der Waals surface area (Å²) in [6.07, 6.45) is 3.70. The van der Waals surface area contributed by atoms with Gasteiger partial charge in [0.2, 0.25) is 5.72 Å². The fourth-order valence-corrected chi connectivity index (χ4v) is 2.92. The second-order valence-corrected chi connectivity index (χ2v) is 6.31. The van der Waals surface area contributed by atoms with Gasteiger partial charge in [-0.1, -0.05) is 42.6 Å². The van der Waals surface area contributed by atoms with E-state index in [0.29, 0.717) is 17.5 Å². The molecule has 1 aromatic heterocycles. The predicted molar refractivity (Wildman–Crippen MR) is 82.0 cm³/mol. The average Bonchev–Trinajstić information content (AvgIpc) is 2.73. The molecular formula is C16H19ClN3O+. The van der Waals surface area contributed by atoms with Crippen LogP contribution in [0.3, 0.4) is 0 Å². The van der Waals surface area contributed by atoms with Crippen LogP contribution in [0.2, 0.25) is 5.02 Å². The van der Waals surface area contributed by atoms with Crippen LogP contribution in [-0.4, -0.2) is 16.6 Å². The SMILES string of the molecule is CC(C)CN1c2nccc[n+]2C[C@@]1(O)c1ccc(Cl)cc1. The van der Waals surface area contributed by atoms with E-state index in [4.69, 9.17) is 11.6 Å². The Morgan fingerprint density at radius 2 is 2.10 bits per heavy atom. The van der Waals surface area contributed by atoms with E-state index in [1.54, 1.807) is 6.20 Å². The van der Waals surface area contributed by atoms with Gasteiger partial charge >= 0.3 is 5.95 Å². The van der Waals surface area contributed by atoms with E-state index in [-0.39, 0.29) is 0 Å². The number of fused-ring (bicyclic) bond motifs is 1. The van der Waals surface area contributed by atoms with E-state index >= 15 is 0 Å². The number of aromatic nitrogens is 2. The number of hydrogen-bond acceptors (Lipinski definition) is 3. The lowest BCUT2D eigenvalue weighted by atomic mass is 10.0. The Kier molecular flexibility index (Phi) is 3.59. The highest BCUT2D eigenvalue weighted by Gasteiger charge is 2.51. The third-order valence-corrected chi connectivity index (χ3v) is 3.98. The minimum absolute atomic E-state index is 0.414. The van der Waals surface area contributed by atoms with Gasteiger partial charge in [0, 0.05) is 16.7 Å². The largest absolute Gasteiger partial charge is 0.396 e. The molecule has 0 spiro atoms. The quantitative estimate of drug-likeness (QED) is 0.885. The van der Waals surface area contributed by atoms with E-state index in [1.807, 2.05) is 46.0 Å². The lowest BCUT2D eigenvalue weighted by Gasteiger charge is -2.29. The molecule has 0 radical (unpaired) electrons. The zero-order valence-electron chi connectivity index (χ0n) is 12.2. The van der Waals surface area contributed by atoms with Crippen molar-refractivity contribution in [3.05, 3.63) is 53.3 Å². The number of aliphatic hydroxyl groups is 1. The van der Waals surface area contributed by atoms with E-state index in [2.05, 4.69) is 18.8 Å². The van der Waals surface area contributed by atoms with Crippen LogP contribution in [0.25, 0.3) is 0 Å². The first-order valence-electron chi connectivity index (χ1n) is 7.11. The number of nitrogens with zero attached hydrogens (tertiary/aromatic N) is 3. The van der Waals surface area contributed by atoms with Gasteiger partial charge in [-0.25, -0.2) is 9.47 Å². The molecule has 0 amide bonds. The van der Waals surface area contributed by atoms with Crippen molar-refractivity contribution in [1.82, 2.24) is 4.98 Å². The van der Waals surface area contributed by atoms with Crippen LogP contribution in [0.15, 0.2) is 42.7 Å². The van der Waals surface area contributed by atoms with E-state index < -0.39 is 5.72 Å². The number of benzene rings is 1. The lowest BCUT2D eigenvalue weighted by molar-refractivity contribution is -0.685. The van der Waals surface area contributed by atoms with Crippen LogP contribution in [0.4, 0.5) is 5.95 Å². The molecule has 1 N–H and O–H groups in total. The molecule has 4 nitrogen and oxygen atoms in total. The number of hydrogen-bond donors (Lipinski definition) is 1. The summed E-state index contributed by atoms with van der Waals surface area (Å²) in [6, 6.07) is 9.25. The van der Waals surface area contributed by atoms with Gasteiger partial charge in [0.25, 0.3) is 0 Å². The lowest BCUT2D eigenvalue weighted by Crippen LogP contribution is -2.47. The van der Waals surface area contributed by atoms with Gasteiger partial charge in [0.1, 0.15) is 12.7 Å². The Morgan fingerprint density at radius 1 is 1.38 bits per heavy atom. The number of halogens is 1. The molecule has 21 heavy (non-hydrogen) atoms. The highest BCUT2D eigenvalue weighted by molar-refractivity contribution is 6.30. The predicted octanol–water partition coefficient (Wildman–Crippen LogP) is 2.34. The smallest absolute Gasteiger partial charge is 0.353 e. The van der Waals surface area contributed by atoms with Gasteiger partial charge in [-0.15, -0.1) is 0 Å². The molecule has 1 atom stereocenters. The molecule has 0 unspecified atom stereocenters. The van der Waals surface area contributed by atoms with Crippen molar-refractivity contribution in [2.45, 2.75) is 26.1 Å². The molecule has 0 bridgehead atoms. The Hall–Kier alpha value is -1.65. The first kappa shape index (κ1) is 14.3. The van der Waals surface area contributed by atoms with Crippen LogP contribution in [-0.2, 0) is 12.3 Å². The van der Waals surface area contributed by atoms with Crippen molar-refractivity contribution in [3.63, 3.8) is 0 Å². The minimum Gasteiger partial charge on any atom is -0.353 e. The molecule has 2 aromatic rings. The van der Waals surface area contributed by atoms with E-state index in [1.165, 1.54) is 0 Å². The summed E-state index contributed by atoms with van der Waals surface area (Å²) in [4.78, 5) is 6.41. The molecule has 0 aliphatic carbocycles. The summed E-state index contributed by atoms with van der Waals surface area (Å²) >= 11 is 5.96. The Balaban J connectivity index is 2.06. The maximum atomic E-state index is 11.3. The molecule has 0 fully saturated rings. The van der Waals surface area contributed by atoms with Crippen molar-refractivity contribution in [2.75, 3.05) is 11.4 Å². The van der Waals surface area contributed by atoms with Gasteiger partial charge in [-0.2, -0.15) is 0 Å². The first-order valence-corrected chi connectivity index (χ1v) is 7.49. The second kappa shape index (κ2) is 5.28. The minimum atomic E-state index is -1.09. The van der Waals surface area contributed by atoms with Gasteiger partial charge in [-0.3, -0.25) is 0 Å². The summed E-state index contributed by atoms with van der Waals surface area (Å²) in [5.41, 5.74) is -0.256. The normalized spacial score (nSPS) is 20.9. The molecular weight excluding hydrogens is 286 g/mol. The van der Waals surface area contributed by atoms with Crippen molar-refractivity contribution < 1.29 is 9.67 Å². The second-order valence-electron chi connectivity index (χ2n) is 5.88. The van der Waals surface area contributed by atoms with Crippen LogP contribution in [0.5, 0.6) is 0 Å². The average molecular weight is 305 g/mol. The highest BCUT2D eigenvalue weighted by Crippen LogP contribution is 2.34. The van der Waals surface area contributed by atoms with Crippen LogP contribution < -0.4 is 9.47 Å². The number of rotatable bonds is 3. The fraction of sp³-hybridized carbons (Fsp3) is 0.375. The summed E-state index contributed by atoms with van der Waals surface area (Å²) in [5, 5.41) is 12.0. The van der Waals surface area contributed by atoms with E-state index in [0.717, 1.165) is 18.1 Å². The Labute approximate surface area is 129 Å². The van der Waals surface area contributed by atoms with Crippen LogP contribution in [0, 0.1) is 5.92 Å². The molecule has 0 saturated carbocycles. The van der Waals surface area contributed by atoms with Crippen LogP contribution >= 0.6 is 11.6 Å². The van der Waals surface area contributed by atoms with Crippen molar-refractivity contribution in [2.24, 2.45) is 5.92 Å². The molecule has 1 aliphatic heterocycles. The summed E-state index contributed by atoms with van der Waals surface area (Å²) < 4.78 is 1.98. The molecule has 1 aromatic carbocycles. The van der Waals surface area contributed by atoms with Gasteiger partial charge in [0.05, 0.1) is 12.7 Å². The van der Waals surface area contributed by atoms with Gasteiger partial charge < -0.3 is 5.11 Å². The zero-order chi connectivity index (χ0) is 15.0. The third-order valence-electron chi connectivity index (χ3n) is 3.73. The molecule has 1 aliphatic rings. The van der Waals surface area contributed by atoms with Crippen LogP contribution in [0.1, 0.15) is 19.4 Å². The molecule has 5 heteroatoms. The maximum absolute atomic E-state index is 11.3. The summed E-state index contributed by atoms with van der Waals surface area (Å²) in [6.45, 7) is 5.46. The third kappa shape index (κ3) is 2.49. The van der Waals surface area contributed by atoms with Crippen molar-refractivity contribution in [3.8, 4) is 0 Å². The molecule has 3 rings (SSSR count). The zero-order valence-corrected chi connectivity index (χ0v) is 13.0. The fourth-order valence-electron chi connectivity index (χ4n) is 2.79. The summed E-state index contributed by atoms with van der Waals surface area (Å²) in [5.74, 6) is 1.21. The van der Waals surface area contributed by atoms with E-state index in [9.17, 15) is 5.11 Å². The Morgan fingerprint density at radius 3 is 2.76 bits per heavy atom. The maximum Gasteiger partial charge on any atom is 0.396 e. The monoisotopic (exact) mass is 304 g/mol. The molecule has 0 saturated heterocycles. The summed E-state index contributed by atoms with van der Waals surface area (Å²) in [7, 11) is 0. The van der Waals surface area contributed by atoms with Crippen molar-refractivity contribution >= 4 is 17.5 Å². The molecule has 110 valence electrons. The highest BCUT2D eigenvalue weighted by atomic mass is 35.5. The van der Waals surface area contributed by atoms with Crippen molar-refractivity contribution in [1.29, 1.82) is 0 Å². The topological polar surface area (TPSA) is 40.2 Å². The number of anilines is 1. The van der Waals surface area contributed by atoms with Gasteiger partial charge in [-0.05, 0) is 18.1 Å². The molecule has 2 heterocycles. The Bertz CT molecular complexity index is 644. The van der Waals surface area contributed by atoms with Gasteiger partial charge in [0.15, 0.2) is 0 Å². The standard InChI is InChI=1S/C16H19ClN3O/c1-12(2)10-20-15-18-8-3-9-19(15)11-16(20,21)13-4-6-14(17)7-5-13/h3-9,12,21H,10-11H2,1-2H3/q+1/t16-/m1/s1.